The average Bonchev–Trinajstić information content (AvgIpc) is 3.34. The van der Waals surface area contributed by atoms with E-state index in [9.17, 15) is 9.18 Å². The number of morpholine rings is 1. The molecule has 8 nitrogen and oxygen atoms in total. The Balaban J connectivity index is 1.60. The summed E-state index contributed by atoms with van der Waals surface area (Å²) in [6.07, 6.45) is 3.37. The predicted molar refractivity (Wildman–Crippen MR) is 130 cm³/mol. The number of methoxy groups -OCH3 is 1. The topological polar surface area (TPSA) is 102 Å². The minimum atomic E-state index is -0.694. The van der Waals surface area contributed by atoms with Gasteiger partial charge in [-0.15, -0.1) is 11.3 Å². The number of fused-ring (bicyclic) bond motifs is 2. The molecule has 0 saturated carbocycles. The maximum atomic E-state index is 13.9. The van der Waals surface area contributed by atoms with E-state index in [1.165, 1.54) is 30.6 Å². The highest BCUT2D eigenvalue weighted by atomic mass is 79.9. The van der Waals surface area contributed by atoms with Gasteiger partial charge in [0.15, 0.2) is 10.8 Å². The number of piperidine rings is 1. The molecule has 11 heteroatoms. The Hall–Kier alpha value is -2.18. The second-order valence-electron chi connectivity index (χ2n) is 8.64. The zero-order chi connectivity index (χ0) is 23.8. The lowest BCUT2D eigenvalue weighted by Crippen LogP contribution is -2.60. The molecule has 4 heterocycles. The van der Waals surface area contributed by atoms with Gasteiger partial charge in [-0.25, -0.2) is 14.2 Å². The van der Waals surface area contributed by atoms with Gasteiger partial charge in [-0.2, -0.15) is 0 Å². The van der Waals surface area contributed by atoms with Gasteiger partial charge < -0.3 is 20.5 Å². The van der Waals surface area contributed by atoms with Gasteiger partial charge in [0, 0.05) is 46.4 Å². The van der Waals surface area contributed by atoms with E-state index in [0.717, 1.165) is 12.8 Å². The minimum absolute atomic E-state index is 0.138. The van der Waals surface area contributed by atoms with Crippen LogP contribution in [0.25, 0.3) is 0 Å². The lowest BCUT2D eigenvalue weighted by atomic mass is 9.89. The third-order valence-electron chi connectivity index (χ3n) is 6.47. The van der Waals surface area contributed by atoms with Crippen molar-refractivity contribution in [2.45, 2.75) is 37.0 Å². The largest absolute Gasteiger partial charge is 0.466 e. The molecule has 1 aromatic carbocycles. The van der Waals surface area contributed by atoms with Gasteiger partial charge in [-0.3, -0.25) is 9.89 Å². The maximum absolute atomic E-state index is 13.9. The molecule has 180 valence electrons. The molecule has 34 heavy (non-hydrogen) atoms. The number of hydrogen-bond acceptors (Lipinski definition) is 9. The fourth-order valence-electron chi connectivity index (χ4n) is 4.94. The molecule has 5 rings (SSSR count). The normalized spacial score (nSPS) is 27.2. The first-order chi connectivity index (χ1) is 16.4. The predicted octanol–water partition coefficient (Wildman–Crippen LogP) is 2.75. The highest BCUT2D eigenvalue weighted by Gasteiger charge is 2.41. The van der Waals surface area contributed by atoms with Gasteiger partial charge >= 0.3 is 5.97 Å². The smallest absolute Gasteiger partial charge is 0.338 e. The summed E-state index contributed by atoms with van der Waals surface area (Å²) in [6.45, 7) is 1.69. The number of rotatable bonds is 5. The second-order valence-corrected chi connectivity index (χ2v) is 10.4. The molecular formula is C23H25BrFN5O3S. The molecule has 4 atom stereocenters. The summed E-state index contributed by atoms with van der Waals surface area (Å²) in [4.78, 5) is 24.7. The van der Waals surface area contributed by atoms with Crippen molar-refractivity contribution in [3.63, 3.8) is 0 Å². The lowest BCUT2D eigenvalue weighted by molar-refractivity contribution is -0.136. The molecule has 1 aromatic heterocycles. The number of nitrogens with two attached hydrogens (primary N) is 1. The van der Waals surface area contributed by atoms with Crippen molar-refractivity contribution in [2.75, 3.05) is 26.9 Å². The zero-order valence-corrected chi connectivity index (χ0v) is 20.9. The van der Waals surface area contributed by atoms with Crippen LogP contribution in [0, 0.1) is 5.82 Å². The van der Waals surface area contributed by atoms with Gasteiger partial charge in [-0.1, -0.05) is 22.0 Å². The molecule has 0 aliphatic carbocycles. The standard InChI is InChI=1S/C23H25BrFN5O3S/c1-32-23(31)19-18(9-30-14-7-13(26)8-15(30)11-33-10-14)28-21(22-27-4-5-34-22)29-20(19)16-3-2-12(25)6-17(16)24/h2-6,13-15,20H,7-11,26H2,1H3,(H,28,29)/t13-,14-,15+,20-/m0/s1. The van der Waals surface area contributed by atoms with Crippen LogP contribution in [0.15, 0.2) is 50.5 Å². The number of aromatic nitrogens is 1. The van der Waals surface area contributed by atoms with E-state index in [0.29, 0.717) is 51.9 Å². The Labute approximate surface area is 209 Å². The Bertz CT molecular complexity index is 1130. The van der Waals surface area contributed by atoms with Crippen molar-refractivity contribution in [3.8, 4) is 0 Å². The first kappa shape index (κ1) is 23.6. The van der Waals surface area contributed by atoms with E-state index in [4.69, 9.17) is 20.2 Å². The van der Waals surface area contributed by atoms with Crippen molar-refractivity contribution >= 4 is 39.1 Å². The SMILES string of the molecule is COC(=O)C1=C(CN2[C@@H]3COC[C@H]2C[C@@H](N)C3)NC(c2nccs2)=N[C@H]1c1ccc(F)cc1Br. The number of halogens is 2. The van der Waals surface area contributed by atoms with E-state index in [-0.39, 0.29) is 23.9 Å². The van der Waals surface area contributed by atoms with Crippen molar-refractivity contribution < 1.29 is 18.7 Å². The number of carbonyl (C=O) groups is 1. The summed E-state index contributed by atoms with van der Waals surface area (Å²) >= 11 is 4.90. The number of nitrogens with one attached hydrogen (secondary N) is 1. The van der Waals surface area contributed by atoms with Crippen LogP contribution in [0.3, 0.4) is 0 Å². The number of thiazole rings is 1. The molecule has 2 aromatic rings. The third-order valence-corrected chi connectivity index (χ3v) is 7.94. The number of hydrogen-bond donors (Lipinski definition) is 2. The molecule has 3 aliphatic rings. The van der Waals surface area contributed by atoms with Crippen LogP contribution in [0.2, 0.25) is 0 Å². The molecule has 2 saturated heterocycles. The molecule has 2 fully saturated rings. The van der Waals surface area contributed by atoms with Crippen LogP contribution in [0.4, 0.5) is 4.39 Å². The van der Waals surface area contributed by atoms with E-state index in [1.807, 2.05) is 5.38 Å². The average molecular weight is 550 g/mol. The minimum Gasteiger partial charge on any atom is -0.466 e. The van der Waals surface area contributed by atoms with Gasteiger partial charge in [0.1, 0.15) is 11.9 Å². The lowest BCUT2D eigenvalue weighted by Gasteiger charge is -2.48. The summed E-state index contributed by atoms with van der Waals surface area (Å²) in [5.41, 5.74) is 8.04. The van der Waals surface area contributed by atoms with Crippen molar-refractivity contribution in [1.82, 2.24) is 15.2 Å². The quantitative estimate of drug-likeness (QED) is 0.553. The van der Waals surface area contributed by atoms with Gasteiger partial charge in [0.05, 0.1) is 25.9 Å². The Kier molecular flexibility index (Phi) is 6.81. The van der Waals surface area contributed by atoms with Crippen LogP contribution < -0.4 is 11.1 Å². The summed E-state index contributed by atoms with van der Waals surface area (Å²) in [5, 5.41) is 5.95. The maximum Gasteiger partial charge on any atom is 0.338 e. The van der Waals surface area contributed by atoms with Crippen LogP contribution in [-0.2, 0) is 14.3 Å². The summed E-state index contributed by atoms with van der Waals surface area (Å²) in [5.74, 6) is -0.301. The number of nitrogens with zero attached hydrogens (tertiary/aromatic N) is 3. The third kappa shape index (κ3) is 4.55. The Morgan fingerprint density at radius 1 is 1.38 bits per heavy atom. The molecule has 3 aliphatic heterocycles. The molecule has 2 bridgehead atoms. The molecular weight excluding hydrogens is 525 g/mol. The number of benzene rings is 1. The summed E-state index contributed by atoms with van der Waals surface area (Å²) in [7, 11) is 1.35. The van der Waals surface area contributed by atoms with Crippen molar-refractivity contribution in [1.29, 1.82) is 0 Å². The Morgan fingerprint density at radius 3 is 2.79 bits per heavy atom. The van der Waals surface area contributed by atoms with E-state index in [2.05, 4.69) is 31.1 Å². The van der Waals surface area contributed by atoms with E-state index >= 15 is 0 Å². The summed E-state index contributed by atoms with van der Waals surface area (Å²) in [6, 6.07) is 4.14. The highest BCUT2D eigenvalue weighted by Crippen LogP contribution is 2.38. The van der Waals surface area contributed by atoms with Crippen LogP contribution in [0.5, 0.6) is 0 Å². The van der Waals surface area contributed by atoms with Crippen LogP contribution in [-0.4, -0.2) is 66.7 Å². The molecule has 3 N–H and O–H groups in total. The number of amidine groups is 1. The number of aliphatic imine (C=N–C) groups is 1. The first-order valence-electron chi connectivity index (χ1n) is 11.0. The van der Waals surface area contributed by atoms with Crippen LogP contribution >= 0.6 is 27.3 Å². The van der Waals surface area contributed by atoms with Crippen molar-refractivity contribution in [3.05, 3.63) is 61.9 Å². The highest BCUT2D eigenvalue weighted by molar-refractivity contribution is 9.10. The molecule has 0 unspecified atom stereocenters. The first-order valence-corrected chi connectivity index (χ1v) is 12.7. The number of esters is 1. The summed E-state index contributed by atoms with van der Waals surface area (Å²) < 4.78 is 25.4. The Morgan fingerprint density at radius 2 is 2.15 bits per heavy atom. The number of carbonyl (C=O) groups excluding carboxylic acids is 1. The number of ether oxygens (including phenoxy) is 2. The van der Waals surface area contributed by atoms with Gasteiger partial charge in [0.25, 0.3) is 0 Å². The van der Waals surface area contributed by atoms with E-state index < -0.39 is 12.0 Å². The molecule has 0 amide bonds. The monoisotopic (exact) mass is 549 g/mol. The molecule has 0 radical (unpaired) electrons. The fraction of sp³-hybridized carbons (Fsp3) is 0.435. The van der Waals surface area contributed by atoms with E-state index in [1.54, 1.807) is 12.3 Å². The van der Waals surface area contributed by atoms with Gasteiger partial charge in [0.2, 0.25) is 0 Å². The second kappa shape index (κ2) is 9.82. The van der Waals surface area contributed by atoms with Crippen LogP contribution in [0.1, 0.15) is 29.5 Å². The zero-order valence-electron chi connectivity index (χ0n) is 18.5. The van der Waals surface area contributed by atoms with Crippen molar-refractivity contribution in [2.24, 2.45) is 10.7 Å². The molecule has 0 spiro atoms. The van der Waals surface area contributed by atoms with Gasteiger partial charge in [-0.05, 0) is 30.5 Å². The fourth-order valence-corrected chi connectivity index (χ4v) is 6.10.